The van der Waals surface area contributed by atoms with Gasteiger partial charge in [-0.25, -0.2) is 4.98 Å². The van der Waals surface area contributed by atoms with E-state index in [1.807, 2.05) is 60.7 Å². The molecule has 3 aromatic rings. The quantitative estimate of drug-likeness (QED) is 0.530. The number of thioether (sulfide) groups is 1. The zero-order chi connectivity index (χ0) is 20.4. The molecule has 0 saturated carbocycles. The molecule has 1 unspecified atom stereocenters. The third-order valence-corrected chi connectivity index (χ3v) is 7.12. The normalized spacial score (nSPS) is 16.1. The number of rotatable bonds is 5. The number of Topliss-reactive ketones (excluding diaryl/α,β-unsaturated/α-hetero) is 1. The molecular weight excluding hydrogens is 400 g/mol. The van der Waals surface area contributed by atoms with E-state index in [0.29, 0.717) is 16.4 Å². The van der Waals surface area contributed by atoms with Crippen molar-refractivity contribution in [3.8, 4) is 0 Å². The minimum absolute atomic E-state index is 0.0881. The van der Waals surface area contributed by atoms with Crippen LogP contribution in [-0.2, 0) is 11.2 Å². The summed E-state index contributed by atoms with van der Waals surface area (Å²) in [6, 6.07) is 19.6. The second-order valence-corrected chi connectivity index (χ2v) is 10.1. The van der Waals surface area contributed by atoms with E-state index in [0.717, 1.165) is 22.6 Å². The van der Waals surface area contributed by atoms with Crippen LogP contribution in [-0.4, -0.2) is 16.7 Å². The molecule has 4 nitrogen and oxygen atoms in total. The number of amides is 1. The van der Waals surface area contributed by atoms with Crippen molar-refractivity contribution in [1.29, 1.82) is 0 Å². The van der Waals surface area contributed by atoms with Gasteiger partial charge in [-0.1, -0.05) is 73.7 Å². The summed E-state index contributed by atoms with van der Waals surface area (Å²) in [5.41, 5.74) is 1.64. The van der Waals surface area contributed by atoms with Crippen LogP contribution in [0.5, 0.6) is 0 Å². The maximum atomic E-state index is 13.2. The van der Waals surface area contributed by atoms with Crippen LogP contribution in [0.15, 0.2) is 65.6 Å². The first-order valence-corrected chi connectivity index (χ1v) is 11.2. The Morgan fingerprint density at radius 3 is 2.41 bits per heavy atom. The fourth-order valence-electron chi connectivity index (χ4n) is 3.48. The molecule has 1 aromatic heterocycles. The van der Waals surface area contributed by atoms with Crippen molar-refractivity contribution in [2.24, 2.45) is 5.41 Å². The van der Waals surface area contributed by atoms with Crippen molar-refractivity contribution >= 4 is 39.9 Å². The molecule has 1 aliphatic rings. The summed E-state index contributed by atoms with van der Waals surface area (Å²) in [6.45, 7) is 4.15. The Morgan fingerprint density at radius 1 is 1.07 bits per heavy atom. The third kappa shape index (κ3) is 4.60. The van der Waals surface area contributed by atoms with E-state index in [9.17, 15) is 9.59 Å². The molecule has 1 heterocycles. The summed E-state index contributed by atoms with van der Waals surface area (Å²) in [6.07, 6.45) is 1.27. The highest BCUT2D eigenvalue weighted by Crippen LogP contribution is 2.40. The zero-order valence-corrected chi connectivity index (χ0v) is 18.0. The van der Waals surface area contributed by atoms with Crippen LogP contribution in [0.4, 0.5) is 5.13 Å². The number of hydrogen-bond acceptors (Lipinski definition) is 5. The molecule has 0 saturated heterocycles. The lowest BCUT2D eigenvalue weighted by Crippen LogP contribution is -2.26. The Balaban J connectivity index is 1.58. The molecule has 1 N–H and O–H groups in total. The van der Waals surface area contributed by atoms with Crippen LogP contribution >= 0.6 is 23.1 Å². The highest BCUT2D eigenvalue weighted by Gasteiger charge is 2.34. The van der Waals surface area contributed by atoms with Gasteiger partial charge in [0.25, 0.3) is 0 Å². The summed E-state index contributed by atoms with van der Waals surface area (Å²) in [5, 5.41) is 3.05. The lowest BCUT2D eigenvalue weighted by atomic mass is 9.78. The van der Waals surface area contributed by atoms with Gasteiger partial charge < -0.3 is 5.32 Å². The van der Waals surface area contributed by atoms with E-state index in [2.05, 4.69) is 24.1 Å². The van der Waals surface area contributed by atoms with Gasteiger partial charge in [0.05, 0.1) is 10.6 Å². The Bertz CT molecular complexity index is 1030. The fraction of sp³-hybridized carbons (Fsp3) is 0.261. The molecule has 1 amide bonds. The summed E-state index contributed by atoms with van der Waals surface area (Å²) >= 11 is 2.79. The fourth-order valence-corrected chi connectivity index (χ4v) is 5.45. The van der Waals surface area contributed by atoms with Crippen LogP contribution in [0, 0.1) is 5.41 Å². The maximum Gasteiger partial charge on any atom is 0.244 e. The van der Waals surface area contributed by atoms with Crippen molar-refractivity contribution in [2.45, 2.75) is 36.8 Å². The lowest BCUT2D eigenvalue weighted by Gasteiger charge is -2.26. The summed E-state index contributed by atoms with van der Waals surface area (Å²) in [7, 11) is 0. The number of carbonyl (C=O) groups is 2. The Labute approximate surface area is 178 Å². The molecule has 1 aliphatic carbocycles. The summed E-state index contributed by atoms with van der Waals surface area (Å²) in [4.78, 5) is 31.9. The minimum atomic E-state index is -0.410. The Kier molecular flexibility index (Phi) is 5.56. The predicted molar refractivity (Wildman–Crippen MR) is 119 cm³/mol. The van der Waals surface area contributed by atoms with E-state index in [4.69, 9.17) is 0 Å². The van der Waals surface area contributed by atoms with Crippen molar-refractivity contribution in [2.75, 3.05) is 5.32 Å². The molecule has 0 aliphatic heterocycles. The number of benzene rings is 2. The minimum Gasteiger partial charge on any atom is -0.301 e. The highest BCUT2D eigenvalue weighted by molar-refractivity contribution is 8.00. The molecule has 0 spiro atoms. The molecular formula is C23H22N2O2S2. The van der Waals surface area contributed by atoms with Crippen molar-refractivity contribution in [1.82, 2.24) is 4.98 Å². The van der Waals surface area contributed by atoms with Gasteiger partial charge in [0.15, 0.2) is 10.9 Å². The van der Waals surface area contributed by atoms with Gasteiger partial charge in [0.1, 0.15) is 5.25 Å². The van der Waals surface area contributed by atoms with E-state index >= 15 is 0 Å². The number of nitrogens with zero attached hydrogens (tertiary/aromatic N) is 1. The number of anilines is 1. The second kappa shape index (κ2) is 8.13. The van der Waals surface area contributed by atoms with Gasteiger partial charge in [0, 0.05) is 11.3 Å². The van der Waals surface area contributed by atoms with Crippen LogP contribution in [0.1, 0.15) is 46.4 Å². The van der Waals surface area contributed by atoms with Crippen molar-refractivity contribution in [3.63, 3.8) is 0 Å². The summed E-state index contributed by atoms with van der Waals surface area (Å²) in [5.74, 6) is -0.0182. The van der Waals surface area contributed by atoms with Gasteiger partial charge in [0.2, 0.25) is 5.91 Å². The van der Waals surface area contributed by atoms with Crippen molar-refractivity contribution < 1.29 is 9.59 Å². The number of hydrogen-bond donors (Lipinski definition) is 1. The molecule has 29 heavy (non-hydrogen) atoms. The molecule has 4 rings (SSSR count). The van der Waals surface area contributed by atoms with E-state index < -0.39 is 5.25 Å². The second-order valence-electron chi connectivity index (χ2n) is 7.95. The lowest BCUT2D eigenvalue weighted by molar-refractivity contribution is -0.115. The number of thiazole rings is 1. The first-order chi connectivity index (χ1) is 13.9. The van der Waals surface area contributed by atoms with Gasteiger partial charge in [-0.3, -0.25) is 9.59 Å². The molecule has 2 aromatic carbocycles. The zero-order valence-electron chi connectivity index (χ0n) is 16.3. The largest absolute Gasteiger partial charge is 0.301 e. The number of fused-ring (bicyclic) bond motifs is 1. The molecule has 0 fully saturated rings. The smallest absolute Gasteiger partial charge is 0.244 e. The number of aromatic nitrogens is 1. The van der Waals surface area contributed by atoms with Crippen LogP contribution in [0.3, 0.4) is 0 Å². The Hall–Kier alpha value is -2.44. The first kappa shape index (κ1) is 19.9. The summed E-state index contributed by atoms with van der Waals surface area (Å²) < 4.78 is 0. The Morgan fingerprint density at radius 2 is 1.72 bits per heavy atom. The average molecular weight is 423 g/mol. The van der Waals surface area contributed by atoms with E-state index in [-0.39, 0.29) is 17.1 Å². The van der Waals surface area contributed by atoms with Crippen LogP contribution < -0.4 is 5.32 Å². The molecule has 0 bridgehead atoms. The number of carbonyl (C=O) groups excluding carboxylic acids is 2. The molecule has 6 heteroatoms. The number of nitrogens with one attached hydrogen (secondary N) is 1. The van der Waals surface area contributed by atoms with Gasteiger partial charge in [-0.05, 0) is 29.5 Å². The molecule has 0 radical (unpaired) electrons. The topological polar surface area (TPSA) is 59.1 Å². The molecule has 1 atom stereocenters. The number of ketones is 1. The monoisotopic (exact) mass is 422 g/mol. The van der Waals surface area contributed by atoms with E-state index in [1.165, 1.54) is 23.1 Å². The van der Waals surface area contributed by atoms with Gasteiger partial charge in [-0.15, -0.1) is 11.8 Å². The predicted octanol–water partition coefficient (Wildman–Crippen LogP) is 5.77. The first-order valence-electron chi connectivity index (χ1n) is 9.52. The SMILES string of the molecule is CC1(C)CC(=O)c2sc(NC(=O)C(Sc3ccccc3)c3ccccc3)nc2C1. The van der Waals surface area contributed by atoms with Crippen LogP contribution in [0.2, 0.25) is 0 Å². The highest BCUT2D eigenvalue weighted by atomic mass is 32.2. The van der Waals surface area contributed by atoms with Crippen LogP contribution in [0.25, 0.3) is 0 Å². The van der Waals surface area contributed by atoms with E-state index in [1.54, 1.807) is 0 Å². The third-order valence-electron chi connectivity index (χ3n) is 4.80. The maximum absolute atomic E-state index is 13.2. The standard InChI is InChI=1S/C23H22N2O2S2/c1-23(2)13-17-20(18(26)14-23)29-22(24-17)25-21(27)19(15-9-5-3-6-10-15)28-16-11-7-4-8-12-16/h3-12,19H,13-14H2,1-2H3,(H,24,25,27). The average Bonchev–Trinajstić information content (AvgIpc) is 3.09. The molecule has 148 valence electrons. The van der Waals surface area contributed by atoms with Crippen molar-refractivity contribution in [3.05, 3.63) is 76.8 Å². The van der Waals surface area contributed by atoms with Gasteiger partial charge >= 0.3 is 0 Å². The van der Waals surface area contributed by atoms with Gasteiger partial charge in [-0.2, -0.15) is 0 Å².